The summed E-state index contributed by atoms with van der Waals surface area (Å²) in [6, 6.07) is 8.49. The molecule has 3 rings (SSSR count). The monoisotopic (exact) mass is 394 g/mol. The first kappa shape index (κ1) is 18.0. The van der Waals surface area contributed by atoms with Crippen molar-refractivity contribution in [3.8, 4) is 10.6 Å². The fraction of sp³-hybridized carbons (Fsp3) is 0.222. The summed E-state index contributed by atoms with van der Waals surface area (Å²) in [5.74, 6) is -0.499. The lowest BCUT2D eigenvalue weighted by Gasteiger charge is -2.18. The summed E-state index contributed by atoms with van der Waals surface area (Å²) < 4.78 is 13.9. The third kappa shape index (κ3) is 4.08. The van der Waals surface area contributed by atoms with E-state index in [9.17, 15) is 9.18 Å². The molecule has 2 aromatic heterocycles. The molecule has 0 bridgehead atoms. The number of hydrogen-bond acceptors (Lipinski definition) is 4. The van der Waals surface area contributed by atoms with Crippen LogP contribution in [0.25, 0.3) is 10.6 Å². The second-order valence-corrected chi connectivity index (χ2v) is 8.25. The molecule has 0 spiro atoms. The van der Waals surface area contributed by atoms with Crippen LogP contribution in [-0.2, 0) is 17.8 Å². The van der Waals surface area contributed by atoms with E-state index in [1.807, 2.05) is 24.4 Å². The number of likely N-dealkylation sites (N-methyl/N-ethyl adjacent to an activating group) is 1. The maximum Gasteiger partial charge on any atom is 0.227 e. The molecule has 1 amide bonds. The lowest BCUT2D eigenvalue weighted by Crippen LogP contribution is -2.28. The van der Waals surface area contributed by atoms with Crippen molar-refractivity contribution in [1.29, 1.82) is 0 Å². The maximum absolute atomic E-state index is 13.9. The summed E-state index contributed by atoms with van der Waals surface area (Å²) in [6.07, 6.45) is 0.237. The molecule has 0 aliphatic carbocycles. The first-order valence-electron chi connectivity index (χ1n) is 7.62. The Bertz CT molecular complexity index is 872. The van der Waals surface area contributed by atoms with Crippen LogP contribution in [0, 0.1) is 12.7 Å². The summed E-state index contributed by atoms with van der Waals surface area (Å²) >= 11 is 9.17. The van der Waals surface area contributed by atoms with E-state index in [0.717, 1.165) is 20.5 Å². The van der Waals surface area contributed by atoms with E-state index in [2.05, 4.69) is 4.98 Å². The minimum absolute atomic E-state index is 0.0965. The van der Waals surface area contributed by atoms with Gasteiger partial charge in [-0.15, -0.1) is 22.7 Å². The summed E-state index contributed by atoms with van der Waals surface area (Å²) in [6.45, 7) is 2.06. The van der Waals surface area contributed by atoms with Gasteiger partial charge in [-0.2, -0.15) is 0 Å². The number of halogens is 2. The minimum atomic E-state index is -0.403. The number of rotatable bonds is 5. The minimum Gasteiger partial charge on any atom is -0.341 e. The fourth-order valence-corrected chi connectivity index (χ4v) is 4.45. The molecule has 0 radical (unpaired) electrons. The number of carbonyl (C=O) groups is 1. The Balaban J connectivity index is 1.77. The lowest BCUT2D eigenvalue weighted by atomic mass is 10.2. The first-order valence-corrected chi connectivity index (χ1v) is 9.70. The zero-order valence-electron chi connectivity index (χ0n) is 13.8. The standard InChI is InChI=1S/C18H16ClFN2OS2/c1-11-21-18(15-7-4-8-24-15)16(25-11)9-17(23)22(2)10-12-13(19)5-3-6-14(12)20/h3-8H,9-10H2,1-2H3. The van der Waals surface area contributed by atoms with E-state index in [1.165, 1.54) is 22.3 Å². The van der Waals surface area contributed by atoms with Crippen LogP contribution < -0.4 is 0 Å². The van der Waals surface area contributed by atoms with Gasteiger partial charge in [-0.25, -0.2) is 9.37 Å². The average molecular weight is 395 g/mol. The molecule has 3 aromatic rings. The molecule has 0 saturated carbocycles. The van der Waals surface area contributed by atoms with E-state index < -0.39 is 5.82 Å². The number of aromatic nitrogens is 1. The van der Waals surface area contributed by atoms with Crippen LogP contribution in [0.3, 0.4) is 0 Å². The summed E-state index contributed by atoms with van der Waals surface area (Å²) in [5, 5.41) is 3.24. The lowest BCUT2D eigenvalue weighted by molar-refractivity contribution is -0.129. The summed E-state index contributed by atoms with van der Waals surface area (Å²) in [4.78, 5) is 20.6. The number of amides is 1. The molecule has 1 aromatic carbocycles. The van der Waals surface area contributed by atoms with Crippen molar-refractivity contribution in [2.24, 2.45) is 0 Å². The molecule has 0 atom stereocenters. The summed E-state index contributed by atoms with van der Waals surface area (Å²) in [5.41, 5.74) is 1.20. The topological polar surface area (TPSA) is 33.2 Å². The number of nitrogens with zero attached hydrogens (tertiary/aromatic N) is 2. The molecule has 2 heterocycles. The van der Waals surface area contributed by atoms with Gasteiger partial charge < -0.3 is 4.90 Å². The SMILES string of the molecule is Cc1nc(-c2cccs2)c(CC(=O)N(C)Cc2c(F)cccc2Cl)s1. The quantitative estimate of drug-likeness (QED) is 0.597. The maximum atomic E-state index is 13.9. The highest BCUT2D eigenvalue weighted by Gasteiger charge is 2.19. The largest absolute Gasteiger partial charge is 0.341 e. The highest BCUT2D eigenvalue weighted by molar-refractivity contribution is 7.15. The number of hydrogen-bond donors (Lipinski definition) is 0. The molecule has 0 unspecified atom stereocenters. The van der Waals surface area contributed by atoms with Gasteiger partial charge in [-0.05, 0) is 30.5 Å². The van der Waals surface area contributed by atoms with Crippen LogP contribution in [0.1, 0.15) is 15.4 Å². The molecular weight excluding hydrogens is 379 g/mol. The number of aryl methyl sites for hydroxylation is 1. The van der Waals surface area contributed by atoms with E-state index in [0.29, 0.717) is 10.6 Å². The van der Waals surface area contributed by atoms with E-state index >= 15 is 0 Å². The molecule has 25 heavy (non-hydrogen) atoms. The molecule has 0 saturated heterocycles. The van der Waals surface area contributed by atoms with Crippen molar-refractivity contribution >= 4 is 40.2 Å². The zero-order chi connectivity index (χ0) is 18.0. The molecule has 130 valence electrons. The average Bonchev–Trinajstić information content (AvgIpc) is 3.20. The molecular formula is C18H16ClFN2OS2. The third-order valence-corrected chi connectivity index (χ3v) is 5.95. The van der Waals surface area contributed by atoms with Gasteiger partial charge in [0.2, 0.25) is 5.91 Å². The number of thiazole rings is 1. The second kappa shape index (κ2) is 7.64. The summed E-state index contributed by atoms with van der Waals surface area (Å²) in [7, 11) is 1.66. The highest BCUT2D eigenvalue weighted by atomic mass is 35.5. The van der Waals surface area contributed by atoms with Gasteiger partial charge in [0, 0.05) is 29.1 Å². The highest BCUT2D eigenvalue weighted by Crippen LogP contribution is 2.32. The fourth-order valence-electron chi connectivity index (χ4n) is 2.48. The van der Waals surface area contributed by atoms with Crippen molar-refractivity contribution in [3.05, 3.63) is 62.0 Å². The van der Waals surface area contributed by atoms with E-state index in [1.54, 1.807) is 30.5 Å². The first-order chi connectivity index (χ1) is 12.0. The normalized spacial score (nSPS) is 10.9. The van der Waals surface area contributed by atoms with Gasteiger partial charge >= 0.3 is 0 Å². The van der Waals surface area contributed by atoms with Crippen LogP contribution in [0.15, 0.2) is 35.7 Å². The van der Waals surface area contributed by atoms with Crippen LogP contribution in [-0.4, -0.2) is 22.8 Å². The Morgan fingerprint density at radius 1 is 1.32 bits per heavy atom. The van der Waals surface area contributed by atoms with Gasteiger partial charge in [0.15, 0.2) is 0 Å². The number of benzene rings is 1. The van der Waals surface area contributed by atoms with Crippen molar-refractivity contribution < 1.29 is 9.18 Å². The Labute approximate surface area is 158 Å². The van der Waals surface area contributed by atoms with Crippen molar-refractivity contribution in [1.82, 2.24) is 9.88 Å². The molecule has 0 N–H and O–H groups in total. The van der Waals surface area contributed by atoms with Crippen LogP contribution in [0.2, 0.25) is 5.02 Å². The molecule has 0 fully saturated rings. The molecule has 7 heteroatoms. The van der Waals surface area contributed by atoms with Crippen molar-refractivity contribution in [3.63, 3.8) is 0 Å². The van der Waals surface area contributed by atoms with Gasteiger partial charge in [0.05, 0.1) is 22.0 Å². The predicted octanol–water partition coefficient (Wildman–Crippen LogP) is 5.17. The van der Waals surface area contributed by atoms with Crippen LogP contribution >= 0.6 is 34.3 Å². The number of carbonyl (C=O) groups excluding carboxylic acids is 1. The molecule has 0 aliphatic heterocycles. The predicted molar refractivity (Wildman–Crippen MR) is 102 cm³/mol. The number of thiophene rings is 1. The molecule has 3 nitrogen and oxygen atoms in total. The third-order valence-electron chi connectivity index (χ3n) is 3.75. The van der Waals surface area contributed by atoms with Gasteiger partial charge in [0.25, 0.3) is 0 Å². The van der Waals surface area contributed by atoms with Crippen LogP contribution in [0.5, 0.6) is 0 Å². The smallest absolute Gasteiger partial charge is 0.227 e. The Hall–Kier alpha value is -1.76. The van der Waals surface area contributed by atoms with E-state index in [4.69, 9.17) is 11.6 Å². The zero-order valence-corrected chi connectivity index (χ0v) is 16.1. The van der Waals surface area contributed by atoms with Gasteiger partial charge in [-0.3, -0.25) is 4.79 Å². The Morgan fingerprint density at radius 2 is 2.12 bits per heavy atom. The second-order valence-electron chi connectivity index (χ2n) is 5.61. The van der Waals surface area contributed by atoms with Crippen molar-refractivity contribution in [2.45, 2.75) is 19.9 Å². The van der Waals surface area contributed by atoms with Crippen molar-refractivity contribution in [2.75, 3.05) is 7.05 Å². The Kier molecular flexibility index (Phi) is 5.51. The van der Waals surface area contributed by atoms with Crippen LogP contribution in [0.4, 0.5) is 4.39 Å². The molecule has 0 aliphatic rings. The van der Waals surface area contributed by atoms with Gasteiger partial charge in [0.1, 0.15) is 5.82 Å². The Morgan fingerprint density at radius 3 is 2.80 bits per heavy atom. The van der Waals surface area contributed by atoms with Gasteiger partial charge in [-0.1, -0.05) is 23.7 Å². The van der Waals surface area contributed by atoms with E-state index in [-0.39, 0.29) is 18.9 Å².